The van der Waals surface area contributed by atoms with Crippen LogP contribution in [0.3, 0.4) is 0 Å². The molecule has 2 aromatic rings. The molecule has 1 aliphatic carbocycles. The summed E-state index contributed by atoms with van der Waals surface area (Å²) in [5.74, 6) is 0. The van der Waals surface area contributed by atoms with Crippen molar-refractivity contribution in [3.05, 3.63) is 78.4 Å². The van der Waals surface area contributed by atoms with E-state index in [1.165, 1.54) is 32.1 Å². The van der Waals surface area contributed by atoms with E-state index in [9.17, 15) is 4.79 Å². The van der Waals surface area contributed by atoms with Gasteiger partial charge >= 0.3 is 6.03 Å². The number of carbonyl (C=O) groups excluding carboxylic acids is 1. The van der Waals surface area contributed by atoms with Gasteiger partial charge in [-0.15, -0.1) is 6.58 Å². The maximum atomic E-state index is 13.0. The fourth-order valence-electron chi connectivity index (χ4n) is 4.07. The number of rotatable bonds is 8. The first-order valence-corrected chi connectivity index (χ1v) is 10.7. The summed E-state index contributed by atoms with van der Waals surface area (Å²) in [6, 6.07) is 18.7. The molecule has 2 aromatic carbocycles. The van der Waals surface area contributed by atoms with Crippen LogP contribution < -0.4 is 5.32 Å². The van der Waals surface area contributed by atoms with Crippen molar-refractivity contribution < 1.29 is 4.79 Å². The lowest BCUT2D eigenvalue weighted by atomic mass is 9.94. The third-order valence-corrected chi connectivity index (χ3v) is 5.73. The SMILES string of the molecule is C=CCN(Cc1ccccc1)C(=O)Nc1ccccc1CN(C)C1CCCCC1. The van der Waals surface area contributed by atoms with Crippen molar-refractivity contribution in [1.29, 1.82) is 0 Å². The van der Waals surface area contributed by atoms with Crippen LogP contribution in [0.5, 0.6) is 0 Å². The van der Waals surface area contributed by atoms with Crippen LogP contribution in [-0.4, -0.2) is 35.5 Å². The molecule has 1 saturated carbocycles. The van der Waals surface area contributed by atoms with Crippen molar-refractivity contribution in [3.63, 3.8) is 0 Å². The van der Waals surface area contributed by atoms with Gasteiger partial charge in [-0.2, -0.15) is 0 Å². The topological polar surface area (TPSA) is 35.6 Å². The first kappa shape index (κ1) is 21.1. The molecule has 0 saturated heterocycles. The molecule has 0 atom stereocenters. The second-order valence-electron chi connectivity index (χ2n) is 7.95. The normalized spacial score (nSPS) is 14.6. The predicted octanol–water partition coefficient (Wildman–Crippen LogP) is 5.67. The van der Waals surface area contributed by atoms with Gasteiger partial charge in [0.15, 0.2) is 0 Å². The number of urea groups is 1. The summed E-state index contributed by atoms with van der Waals surface area (Å²) in [5.41, 5.74) is 3.16. The molecule has 4 heteroatoms. The number of hydrogen-bond acceptors (Lipinski definition) is 2. The van der Waals surface area contributed by atoms with E-state index in [4.69, 9.17) is 0 Å². The quantitative estimate of drug-likeness (QED) is 0.588. The van der Waals surface area contributed by atoms with Crippen LogP contribution in [-0.2, 0) is 13.1 Å². The third-order valence-electron chi connectivity index (χ3n) is 5.73. The Morgan fingerprint density at radius 3 is 2.45 bits per heavy atom. The van der Waals surface area contributed by atoms with Gasteiger partial charge in [0, 0.05) is 31.4 Å². The summed E-state index contributed by atoms with van der Waals surface area (Å²) in [7, 11) is 2.20. The van der Waals surface area contributed by atoms with Crippen LogP contribution in [0.4, 0.5) is 10.5 Å². The highest BCUT2D eigenvalue weighted by atomic mass is 16.2. The second-order valence-corrected chi connectivity index (χ2v) is 7.95. The number of anilines is 1. The first-order valence-electron chi connectivity index (χ1n) is 10.7. The van der Waals surface area contributed by atoms with Crippen molar-refractivity contribution in [2.24, 2.45) is 0 Å². The van der Waals surface area contributed by atoms with Crippen molar-refractivity contribution >= 4 is 11.7 Å². The van der Waals surface area contributed by atoms with Crippen LogP contribution in [0.15, 0.2) is 67.3 Å². The summed E-state index contributed by atoms with van der Waals surface area (Å²) < 4.78 is 0. The third kappa shape index (κ3) is 6.20. The Balaban J connectivity index is 1.67. The van der Waals surface area contributed by atoms with Crippen molar-refractivity contribution in [2.75, 3.05) is 18.9 Å². The molecule has 0 aliphatic heterocycles. The van der Waals surface area contributed by atoms with E-state index < -0.39 is 0 Å². The summed E-state index contributed by atoms with van der Waals surface area (Å²) >= 11 is 0. The Labute approximate surface area is 175 Å². The van der Waals surface area contributed by atoms with E-state index in [-0.39, 0.29) is 6.03 Å². The van der Waals surface area contributed by atoms with Crippen LogP contribution >= 0.6 is 0 Å². The van der Waals surface area contributed by atoms with Crippen molar-refractivity contribution in [1.82, 2.24) is 9.80 Å². The summed E-state index contributed by atoms with van der Waals surface area (Å²) in [5, 5.41) is 3.14. The average molecular weight is 392 g/mol. The number of nitrogens with zero attached hydrogens (tertiary/aromatic N) is 2. The fourth-order valence-corrected chi connectivity index (χ4v) is 4.07. The van der Waals surface area contributed by atoms with E-state index in [0.717, 1.165) is 23.4 Å². The smallest absolute Gasteiger partial charge is 0.316 e. The van der Waals surface area contributed by atoms with Gasteiger partial charge in [0.1, 0.15) is 0 Å². The number of carbonyl (C=O) groups is 1. The minimum Gasteiger partial charge on any atom is -0.316 e. The molecule has 0 heterocycles. The number of hydrogen-bond donors (Lipinski definition) is 1. The molecule has 1 fully saturated rings. The molecule has 0 unspecified atom stereocenters. The molecular weight excluding hydrogens is 358 g/mol. The van der Waals surface area contributed by atoms with Crippen molar-refractivity contribution in [3.8, 4) is 0 Å². The Hall–Kier alpha value is -2.59. The minimum absolute atomic E-state index is 0.0958. The molecule has 0 radical (unpaired) electrons. The van der Waals surface area contributed by atoms with Crippen LogP contribution in [0.25, 0.3) is 0 Å². The van der Waals surface area contributed by atoms with Gasteiger partial charge in [-0.1, -0.05) is 73.9 Å². The molecule has 2 amide bonds. The molecular formula is C25H33N3O. The average Bonchev–Trinajstić information content (AvgIpc) is 2.76. The predicted molar refractivity (Wildman–Crippen MR) is 121 cm³/mol. The van der Waals surface area contributed by atoms with Crippen LogP contribution in [0.1, 0.15) is 43.2 Å². The lowest BCUT2D eigenvalue weighted by Gasteiger charge is -2.31. The lowest BCUT2D eigenvalue weighted by Crippen LogP contribution is -2.36. The van der Waals surface area contributed by atoms with Gasteiger partial charge in [-0.05, 0) is 37.1 Å². The monoisotopic (exact) mass is 391 g/mol. The fraction of sp³-hybridized carbons (Fsp3) is 0.400. The summed E-state index contributed by atoms with van der Waals surface area (Å²) in [6.45, 7) is 5.72. The minimum atomic E-state index is -0.0958. The van der Waals surface area contributed by atoms with E-state index in [0.29, 0.717) is 19.1 Å². The lowest BCUT2D eigenvalue weighted by molar-refractivity contribution is 0.184. The van der Waals surface area contributed by atoms with Gasteiger partial charge in [0.05, 0.1) is 0 Å². The molecule has 29 heavy (non-hydrogen) atoms. The number of para-hydroxylation sites is 1. The molecule has 4 nitrogen and oxygen atoms in total. The zero-order valence-electron chi connectivity index (χ0n) is 17.5. The van der Waals surface area contributed by atoms with Gasteiger partial charge in [0.25, 0.3) is 0 Å². The van der Waals surface area contributed by atoms with Crippen LogP contribution in [0.2, 0.25) is 0 Å². The van der Waals surface area contributed by atoms with E-state index in [1.807, 2.05) is 48.5 Å². The largest absolute Gasteiger partial charge is 0.322 e. The Morgan fingerprint density at radius 2 is 1.72 bits per heavy atom. The van der Waals surface area contributed by atoms with E-state index in [1.54, 1.807) is 11.0 Å². The molecule has 1 aliphatic rings. The highest BCUT2D eigenvalue weighted by Gasteiger charge is 2.20. The Morgan fingerprint density at radius 1 is 1.03 bits per heavy atom. The summed E-state index contributed by atoms with van der Waals surface area (Å²) in [6.07, 6.45) is 8.32. The Kier molecular flexibility index (Phi) is 7.88. The van der Waals surface area contributed by atoms with Gasteiger partial charge in [-0.25, -0.2) is 4.79 Å². The zero-order valence-corrected chi connectivity index (χ0v) is 17.5. The van der Waals surface area contributed by atoms with Gasteiger partial charge in [-0.3, -0.25) is 4.90 Å². The van der Waals surface area contributed by atoms with Crippen molar-refractivity contribution in [2.45, 2.75) is 51.2 Å². The molecule has 0 aromatic heterocycles. The molecule has 1 N–H and O–H groups in total. The Bertz CT molecular complexity index is 784. The number of benzene rings is 2. The highest BCUT2D eigenvalue weighted by Crippen LogP contribution is 2.25. The standard InChI is InChI=1S/C25H33N3O/c1-3-18-28(19-21-12-6-4-7-13-21)25(29)26-24-17-11-10-14-22(24)20-27(2)23-15-8-5-9-16-23/h3-4,6-7,10-14,17,23H,1,5,8-9,15-16,18-20H2,2H3,(H,26,29). The number of nitrogens with one attached hydrogen (secondary N) is 1. The molecule has 0 spiro atoms. The first-order chi connectivity index (χ1) is 14.2. The van der Waals surface area contributed by atoms with Gasteiger partial charge < -0.3 is 10.2 Å². The van der Waals surface area contributed by atoms with Crippen LogP contribution in [0, 0.1) is 0 Å². The highest BCUT2D eigenvalue weighted by molar-refractivity contribution is 5.90. The van der Waals surface area contributed by atoms with E-state index >= 15 is 0 Å². The summed E-state index contributed by atoms with van der Waals surface area (Å²) in [4.78, 5) is 17.2. The van der Waals surface area contributed by atoms with E-state index in [2.05, 4.69) is 29.9 Å². The molecule has 0 bridgehead atoms. The second kappa shape index (κ2) is 10.8. The van der Waals surface area contributed by atoms with Gasteiger partial charge in [0.2, 0.25) is 0 Å². The molecule has 3 rings (SSSR count). The maximum Gasteiger partial charge on any atom is 0.322 e. The number of amides is 2. The molecule has 154 valence electrons. The zero-order chi connectivity index (χ0) is 20.5. The maximum absolute atomic E-state index is 13.0.